The van der Waals surface area contributed by atoms with E-state index >= 15 is 0 Å². The van der Waals surface area contributed by atoms with Gasteiger partial charge in [-0.25, -0.2) is 0 Å². The van der Waals surface area contributed by atoms with Gasteiger partial charge in [0.1, 0.15) is 5.82 Å². The van der Waals surface area contributed by atoms with Crippen LogP contribution in [-0.4, -0.2) is 14.8 Å². The van der Waals surface area contributed by atoms with Crippen molar-refractivity contribution in [2.75, 3.05) is 0 Å². The smallest absolute Gasteiger partial charge is 0.191 e. The van der Waals surface area contributed by atoms with E-state index in [0.29, 0.717) is 5.92 Å². The average molecular weight is 310 g/mol. The Bertz CT molecular complexity index is 566. The predicted octanol–water partition coefficient (Wildman–Crippen LogP) is 4.76. The van der Waals surface area contributed by atoms with Gasteiger partial charge in [0, 0.05) is 23.2 Å². The van der Waals surface area contributed by atoms with Crippen LogP contribution >= 0.6 is 23.4 Å². The monoisotopic (exact) mass is 309 g/mol. The van der Waals surface area contributed by atoms with Crippen molar-refractivity contribution in [2.45, 2.75) is 50.6 Å². The van der Waals surface area contributed by atoms with Crippen LogP contribution in [0.5, 0.6) is 0 Å². The average Bonchev–Trinajstić information content (AvgIpc) is 2.80. The lowest BCUT2D eigenvalue weighted by Crippen LogP contribution is -2.06. The molecule has 0 bridgehead atoms. The molecule has 0 aliphatic carbocycles. The molecule has 1 aromatic heterocycles. The zero-order chi connectivity index (χ0) is 14.5. The summed E-state index contributed by atoms with van der Waals surface area (Å²) in [5.41, 5.74) is 1.21. The first kappa shape index (κ1) is 15.4. The van der Waals surface area contributed by atoms with Crippen LogP contribution in [0.15, 0.2) is 29.4 Å². The molecule has 0 aliphatic rings. The number of halogens is 1. The zero-order valence-electron chi connectivity index (χ0n) is 12.1. The Hall–Kier alpha value is -1.00. The van der Waals surface area contributed by atoms with Crippen LogP contribution in [0.1, 0.15) is 44.5 Å². The highest BCUT2D eigenvalue weighted by Gasteiger charge is 2.14. The van der Waals surface area contributed by atoms with Crippen LogP contribution in [0.3, 0.4) is 0 Å². The fraction of sp³-hybridized carbons (Fsp3) is 0.467. The van der Waals surface area contributed by atoms with Gasteiger partial charge in [0.2, 0.25) is 0 Å². The number of hydrogen-bond acceptors (Lipinski definition) is 3. The van der Waals surface area contributed by atoms with Crippen LogP contribution in [0.25, 0.3) is 0 Å². The van der Waals surface area contributed by atoms with Crippen LogP contribution in [0.2, 0.25) is 5.02 Å². The molecule has 0 saturated heterocycles. The molecule has 3 nitrogen and oxygen atoms in total. The molecule has 0 N–H and O–H groups in total. The maximum Gasteiger partial charge on any atom is 0.191 e. The van der Waals surface area contributed by atoms with E-state index in [1.54, 1.807) is 11.8 Å². The zero-order valence-corrected chi connectivity index (χ0v) is 13.7. The van der Waals surface area contributed by atoms with Gasteiger partial charge in [0.05, 0.1) is 0 Å². The third-order valence-corrected chi connectivity index (χ3v) is 4.24. The first-order chi connectivity index (χ1) is 9.61. The molecular weight excluding hydrogens is 290 g/mol. The van der Waals surface area contributed by atoms with Crippen molar-refractivity contribution in [3.8, 4) is 0 Å². The molecule has 5 heteroatoms. The maximum absolute atomic E-state index is 6.01. The van der Waals surface area contributed by atoms with Gasteiger partial charge in [-0.3, -0.25) is 0 Å². The minimum Gasteiger partial charge on any atom is -0.306 e. The molecule has 2 aromatic rings. The first-order valence-corrected chi connectivity index (χ1v) is 8.28. The van der Waals surface area contributed by atoms with Gasteiger partial charge >= 0.3 is 0 Å². The Morgan fingerprint density at radius 1 is 1.30 bits per heavy atom. The molecular formula is C15H20ClN3S. The van der Waals surface area contributed by atoms with Gasteiger partial charge in [-0.1, -0.05) is 56.3 Å². The molecule has 0 fully saturated rings. The summed E-state index contributed by atoms with van der Waals surface area (Å²) in [6.45, 7) is 7.46. The molecule has 0 aliphatic heterocycles. The summed E-state index contributed by atoms with van der Waals surface area (Å²) < 4.78 is 2.24. The van der Waals surface area contributed by atoms with Crippen molar-refractivity contribution in [2.24, 2.45) is 0 Å². The molecule has 2 rings (SSSR count). The second-order valence-electron chi connectivity index (χ2n) is 5.07. The Labute approximate surface area is 129 Å². The largest absolute Gasteiger partial charge is 0.306 e. The highest BCUT2D eigenvalue weighted by Crippen LogP contribution is 2.25. The SMILES string of the molecule is CCCn1c(SCc2cccc(Cl)c2)nnc1C(C)C. The molecule has 0 spiro atoms. The molecule has 0 radical (unpaired) electrons. The van der Waals surface area contributed by atoms with Crippen LogP contribution < -0.4 is 0 Å². The van der Waals surface area contributed by atoms with Crippen molar-refractivity contribution in [1.29, 1.82) is 0 Å². The molecule has 0 saturated carbocycles. The van der Waals surface area contributed by atoms with Crippen LogP contribution in [0, 0.1) is 0 Å². The summed E-state index contributed by atoms with van der Waals surface area (Å²) in [4.78, 5) is 0. The van der Waals surface area contributed by atoms with Gasteiger partial charge in [0.15, 0.2) is 5.16 Å². The quantitative estimate of drug-likeness (QED) is 0.721. The summed E-state index contributed by atoms with van der Waals surface area (Å²) in [5.74, 6) is 2.33. The topological polar surface area (TPSA) is 30.7 Å². The van der Waals surface area contributed by atoms with E-state index in [-0.39, 0.29) is 0 Å². The van der Waals surface area contributed by atoms with Crippen molar-refractivity contribution < 1.29 is 0 Å². The third-order valence-electron chi connectivity index (χ3n) is 2.97. The molecule has 1 aromatic carbocycles. The van der Waals surface area contributed by atoms with E-state index < -0.39 is 0 Å². The summed E-state index contributed by atoms with van der Waals surface area (Å²) in [6, 6.07) is 7.96. The van der Waals surface area contributed by atoms with E-state index in [4.69, 9.17) is 11.6 Å². The fourth-order valence-electron chi connectivity index (χ4n) is 2.04. The van der Waals surface area contributed by atoms with Gasteiger partial charge in [-0.05, 0) is 24.1 Å². The lowest BCUT2D eigenvalue weighted by Gasteiger charge is -2.10. The minimum atomic E-state index is 0.398. The number of rotatable bonds is 6. The predicted molar refractivity (Wildman–Crippen MR) is 85.4 cm³/mol. The van der Waals surface area contributed by atoms with Crippen molar-refractivity contribution in [1.82, 2.24) is 14.8 Å². The normalized spacial score (nSPS) is 11.2. The summed E-state index contributed by atoms with van der Waals surface area (Å²) >= 11 is 7.73. The lowest BCUT2D eigenvalue weighted by atomic mass is 10.2. The third kappa shape index (κ3) is 3.76. The fourth-order valence-corrected chi connectivity index (χ4v) is 3.17. The molecule has 0 atom stereocenters. The Kier molecular flexibility index (Phi) is 5.49. The molecule has 0 unspecified atom stereocenters. The van der Waals surface area contributed by atoms with Gasteiger partial charge in [-0.15, -0.1) is 10.2 Å². The van der Waals surface area contributed by atoms with E-state index in [1.807, 2.05) is 18.2 Å². The second kappa shape index (κ2) is 7.14. The minimum absolute atomic E-state index is 0.398. The Morgan fingerprint density at radius 2 is 2.10 bits per heavy atom. The van der Waals surface area contributed by atoms with E-state index in [0.717, 1.165) is 34.7 Å². The van der Waals surface area contributed by atoms with Crippen LogP contribution in [-0.2, 0) is 12.3 Å². The summed E-state index contributed by atoms with van der Waals surface area (Å²) in [5, 5.41) is 10.4. The molecule has 1 heterocycles. The lowest BCUT2D eigenvalue weighted by molar-refractivity contribution is 0.572. The highest BCUT2D eigenvalue weighted by molar-refractivity contribution is 7.98. The number of aromatic nitrogens is 3. The number of thioether (sulfide) groups is 1. The van der Waals surface area contributed by atoms with Crippen molar-refractivity contribution in [3.05, 3.63) is 40.7 Å². The van der Waals surface area contributed by atoms with Crippen molar-refractivity contribution >= 4 is 23.4 Å². The first-order valence-electron chi connectivity index (χ1n) is 6.92. The highest BCUT2D eigenvalue weighted by atomic mass is 35.5. The van der Waals surface area contributed by atoms with Gasteiger partial charge in [-0.2, -0.15) is 0 Å². The van der Waals surface area contributed by atoms with Crippen molar-refractivity contribution in [3.63, 3.8) is 0 Å². The van der Waals surface area contributed by atoms with E-state index in [1.165, 1.54) is 5.56 Å². The molecule has 20 heavy (non-hydrogen) atoms. The van der Waals surface area contributed by atoms with Gasteiger partial charge < -0.3 is 4.57 Å². The molecule has 0 amide bonds. The van der Waals surface area contributed by atoms with Crippen LogP contribution in [0.4, 0.5) is 0 Å². The number of nitrogens with zero attached hydrogens (tertiary/aromatic N) is 3. The van der Waals surface area contributed by atoms with E-state index in [9.17, 15) is 0 Å². The standard InChI is InChI=1S/C15H20ClN3S/c1-4-8-19-14(11(2)3)17-18-15(19)20-10-12-6-5-7-13(16)9-12/h5-7,9,11H,4,8,10H2,1-3H3. The van der Waals surface area contributed by atoms with E-state index in [2.05, 4.69) is 41.6 Å². The Morgan fingerprint density at radius 3 is 2.75 bits per heavy atom. The second-order valence-corrected chi connectivity index (χ2v) is 6.44. The summed E-state index contributed by atoms with van der Waals surface area (Å²) in [6.07, 6.45) is 1.09. The van der Waals surface area contributed by atoms with Gasteiger partial charge in [0.25, 0.3) is 0 Å². The maximum atomic E-state index is 6.01. The number of benzene rings is 1. The molecule has 108 valence electrons. The number of hydrogen-bond donors (Lipinski definition) is 0. The summed E-state index contributed by atoms with van der Waals surface area (Å²) in [7, 11) is 0. The Balaban J connectivity index is 2.13.